The molecule has 6 nitrogen and oxygen atoms in total. The van der Waals surface area contributed by atoms with Crippen molar-refractivity contribution in [2.45, 2.75) is 65.9 Å². The highest BCUT2D eigenvalue weighted by Crippen LogP contribution is 2.28. The SMILES string of the molecule is C=C(C)C(=O)OCC(OC(=O)C(=C)C)C(C(=O)O)=C(C=Cc1ccccc1)CC(CC)CCCC. The maximum Gasteiger partial charge on any atom is 0.335 e. The Balaban J connectivity index is 3.58. The van der Waals surface area contributed by atoms with Crippen LogP contribution in [0.2, 0.25) is 0 Å². The molecule has 0 heterocycles. The third kappa shape index (κ3) is 10.6. The van der Waals surface area contributed by atoms with Gasteiger partial charge in [-0.25, -0.2) is 14.4 Å². The van der Waals surface area contributed by atoms with Gasteiger partial charge in [0.25, 0.3) is 0 Å². The summed E-state index contributed by atoms with van der Waals surface area (Å²) in [6, 6.07) is 9.52. The average molecular weight is 483 g/mol. The van der Waals surface area contributed by atoms with Crippen LogP contribution in [-0.2, 0) is 23.9 Å². The summed E-state index contributed by atoms with van der Waals surface area (Å²) < 4.78 is 10.7. The van der Waals surface area contributed by atoms with Crippen molar-refractivity contribution in [3.8, 4) is 0 Å². The number of hydrogen-bond acceptors (Lipinski definition) is 5. The number of ether oxygens (including phenoxy) is 2. The van der Waals surface area contributed by atoms with Crippen LogP contribution < -0.4 is 0 Å². The topological polar surface area (TPSA) is 89.9 Å². The molecule has 6 heteroatoms. The molecule has 0 aliphatic carbocycles. The number of carboxylic acid groups (broad SMARTS) is 1. The fourth-order valence-corrected chi connectivity index (χ4v) is 3.45. The monoisotopic (exact) mass is 482 g/mol. The largest absolute Gasteiger partial charge is 0.478 e. The number of benzene rings is 1. The van der Waals surface area contributed by atoms with Gasteiger partial charge in [0.05, 0.1) is 5.57 Å². The highest BCUT2D eigenvalue weighted by atomic mass is 16.6. The second kappa shape index (κ2) is 15.5. The number of allylic oxidation sites excluding steroid dienone is 2. The summed E-state index contributed by atoms with van der Waals surface area (Å²) in [5.74, 6) is -2.45. The first-order valence-electron chi connectivity index (χ1n) is 12.0. The molecule has 35 heavy (non-hydrogen) atoms. The van der Waals surface area contributed by atoms with Crippen LogP contribution in [0.15, 0.2) is 71.9 Å². The quantitative estimate of drug-likeness (QED) is 0.179. The Kier molecular flexibility index (Phi) is 13.1. The van der Waals surface area contributed by atoms with Crippen LogP contribution in [0.1, 0.15) is 65.4 Å². The molecular formula is C29H38O6. The lowest BCUT2D eigenvalue weighted by molar-refractivity contribution is -0.153. The van der Waals surface area contributed by atoms with Crippen LogP contribution in [-0.4, -0.2) is 35.7 Å². The van der Waals surface area contributed by atoms with E-state index in [1.165, 1.54) is 13.8 Å². The molecule has 1 aromatic carbocycles. The molecule has 0 amide bonds. The molecule has 0 aliphatic heterocycles. The molecular weight excluding hydrogens is 444 g/mol. The lowest BCUT2D eigenvalue weighted by Gasteiger charge is -2.23. The van der Waals surface area contributed by atoms with Crippen molar-refractivity contribution in [1.29, 1.82) is 0 Å². The highest BCUT2D eigenvalue weighted by Gasteiger charge is 2.30. The van der Waals surface area contributed by atoms with E-state index in [0.29, 0.717) is 12.0 Å². The number of unbranched alkanes of at least 4 members (excludes halogenated alkanes) is 1. The van der Waals surface area contributed by atoms with E-state index in [2.05, 4.69) is 27.0 Å². The Hall–Kier alpha value is -3.41. The Labute approximate surface area is 209 Å². The molecule has 1 aromatic rings. The smallest absolute Gasteiger partial charge is 0.335 e. The number of carboxylic acids is 1. The summed E-state index contributed by atoms with van der Waals surface area (Å²) in [4.78, 5) is 36.9. The lowest BCUT2D eigenvalue weighted by Crippen LogP contribution is -2.32. The summed E-state index contributed by atoms with van der Waals surface area (Å²) >= 11 is 0. The van der Waals surface area contributed by atoms with Gasteiger partial charge in [0.15, 0.2) is 6.10 Å². The van der Waals surface area contributed by atoms with Gasteiger partial charge in [0.2, 0.25) is 0 Å². The van der Waals surface area contributed by atoms with Crippen LogP contribution in [0.25, 0.3) is 6.08 Å². The first-order valence-corrected chi connectivity index (χ1v) is 12.0. The number of carbonyl (C=O) groups is 3. The summed E-state index contributed by atoms with van der Waals surface area (Å²) in [6.45, 7) is 13.8. The predicted molar refractivity (Wildman–Crippen MR) is 139 cm³/mol. The van der Waals surface area contributed by atoms with Gasteiger partial charge >= 0.3 is 17.9 Å². The van der Waals surface area contributed by atoms with E-state index in [1.54, 1.807) is 6.08 Å². The van der Waals surface area contributed by atoms with Crippen molar-refractivity contribution in [2.24, 2.45) is 5.92 Å². The van der Waals surface area contributed by atoms with Crippen molar-refractivity contribution in [3.63, 3.8) is 0 Å². The van der Waals surface area contributed by atoms with E-state index in [-0.39, 0.29) is 22.6 Å². The standard InChI is InChI=1S/C29H38O6/c1-7-9-13-22(8-2)18-24(17-16-23-14-11-10-12-15-23)26(27(30)31)25(35-29(33)21(5)6)19-34-28(32)20(3)4/h10-12,14-17,22,25H,3,5,7-9,13,18-19H2,1-2,4,6H3,(H,30,31). The molecule has 0 bridgehead atoms. The molecule has 2 atom stereocenters. The van der Waals surface area contributed by atoms with Gasteiger partial charge in [-0.3, -0.25) is 0 Å². The van der Waals surface area contributed by atoms with Gasteiger partial charge in [-0.15, -0.1) is 0 Å². The minimum absolute atomic E-state index is 0.113. The second-order valence-electron chi connectivity index (χ2n) is 8.66. The van der Waals surface area contributed by atoms with Gasteiger partial charge in [0, 0.05) is 11.1 Å². The molecule has 1 rings (SSSR count). The zero-order valence-corrected chi connectivity index (χ0v) is 21.3. The van der Waals surface area contributed by atoms with E-state index in [4.69, 9.17) is 9.47 Å². The summed E-state index contributed by atoms with van der Waals surface area (Å²) in [5.41, 5.74) is 1.58. The number of hydrogen-bond donors (Lipinski definition) is 1. The molecule has 1 N–H and O–H groups in total. The fraction of sp³-hybridized carbons (Fsp3) is 0.414. The first kappa shape index (κ1) is 29.6. The number of rotatable bonds is 15. The van der Waals surface area contributed by atoms with Crippen molar-refractivity contribution in [1.82, 2.24) is 0 Å². The zero-order valence-electron chi connectivity index (χ0n) is 21.3. The van der Waals surface area contributed by atoms with Gasteiger partial charge < -0.3 is 14.6 Å². The third-order valence-corrected chi connectivity index (χ3v) is 5.54. The zero-order chi connectivity index (χ0) is 26.4. The number of esters is 2. The maximum atomic E-state index is 12.5. The normalized spacial score (nSPS) is 13.5. The predicted octanol–water partition coefficient (Wildman–Crippen LogP) is 6.29. The fourth-order valence-electron chi connectivity index (χ4n) is 3.45. The number of aliphatic carboxylic acids is 1. The van der Waals surface area contributed by atoms with E-state index in [0.717, 1.165) is 31.2 Å². The van der Waals surface area contributed by atoms with E-state index in [1.807, 2.05) is 36.4 Å². The maximum absolute atomic E-state index is 12.5. The highest BCUT2D eigenvalue weighted by molar-refractivity contribution is 5.92. The molecule has 0 aromatic heterocycles. The van der Waals surface area contributed by atoms with Crippen molar-refractivity contribution in [2.75, 3.05) is 6.61 Å². The minimum atomic E-state index is -1.31. The van der Waals surface area contributed by atoms with Crippen molar-refractivity contribution >= 4 is 24.0 Å². The minimum Gasteiger partial charge on any atom is -0.478 e. The summed E-state index contributed by atoms with van der Waals surface area (Å²) in [6.07, 6.45) is 6.66. The Morgan fingerprint density at radius 1 is 1.03 bits per heavy atom. The van der Waals surface area contributed by atoms with Crippen molar-refractivity contribution in [3.05, 3.63) is 77.4 Å². The van der Waals surface area contributed by atoms with Gasteiger partial charge in [-0.2, -0.15) is 0 Å². The molecule has 0 aliphatic rings. The van der Waals surface area contributed by atoms with Crippen molar-refractivity contribution < 1.29 is 29.0 Å². The third-order valence-electron chi connectivity index (χ3n) is 5.54. The van der Waals surface area contributed by atoms with E-state index >= 15 is 0 Å². The van der Waals surface area contributed by atoms with Gasteiger partial charge in [-0.1, -0.05) is 95.2 Å². The molecule has 0 fully saturated rings. The molecule has 0 saturated carbocycles. The molecule has 0 saturated heterocycles. The van der Waals surface area contributed by atoms with Crippen LogP contribution >= 0.6 is 0 Å². The van der Waals surface area contributed by atoms with E-state index < -0.39 is 30.6 Å². The van der Waals surface area contributed by atoms with Gasteiger partial charge in [0.1, 0.15) is 6.61 Å². The molecule has 0 spiro atoms. The Morgan fingerprint density at radius 2 is 1.66 bits per heavy atom. The molecule has 2 unspecified atom stereocenters. The van der Waals surface area contributed by atoms with Crippen LogP contribution in [0.3, 0.4) is 0 Å². The van der Waals surface area contributed by atoms with Gasteiger partial charge in [-0.05, 0) is 37.3 Å². The summed E-state index contributed by atoms with van der Waals surface area (Å²) in [7, 11) is 0. The van der Waals surface area contributed by atoms with Crippen LogP contribution in [0.5, 0.6) is 0 Å². The second-order valence-corrected chi connectivity index (χ2v) is 8.66. The van der Waals surface area contributed by atoms with Crippen LogP contribution in [0, 0.1) is 5.92 Å². The van der Waals surface area contributed by atoms with Crippen LogP contribution in [0.4, 0.5) is 0 Å². The molecule has 190 valence electrons. The number of carbonyl (C=O) groups excluding carboxylic acids is 2. The summed E-state index contributed by atoms with van der Waals surface area (Å²) in [5, 5.41) is 10.2. The lowest BCUT2D eigenvalue weighted by atomic mass is 9.88. The van der Waals surface area contributed by atoms with E-state index in [9.17, 15) is 19.5 Å². The molecule has 0 radical (unpaired) electrons. The Morgan fingerprint density at radius 3 is 2.17 bits per heavy atom. The Bertz CT molecular complexity index is 955. The average Bonchev–Trinajstić information content (AvgIpc) is 2.82. The first-order chi connectivity index (χ1) is 16.6.